The van der Waals surface area contributed by atoms with E-state index in [1.54, 1.807) is 24.3 Å². The summed E-state index contributed by atoms with van der Waals surface area (Å²) < 4.78 is 5.65. The molecule has 0 spiro atoms. The van der Waals surface area contributed by atoms with Crippen LogP contribution in [0.4, 0.5) is 0 Å². The lowest BCUT2D eigenvalue weighted by atomic mass is 10.1. The SMILES string of the molecule is CCC(CC)NC(=O)c1cnc(-c2cccc(C(=N)C=C(N)C(=O)NCc3ccccc3)c2)o1. The summed E-state index contributed by atoms with van der Waals surface area (Å²) in [6.07, 6.45) is 4.35. The Balaban J connectivity index is 1.67. The molecule has 0 aliphatic carbocycles. The van der Waals surface area contributed by atoms with Crippen molar-refractivity contribution in [1.82, 2.24) is 15.6 Å². The van der Waals surface area contributed by atoms with Crippen molar-refractivity contribution in [3.8, 4) is 11.5 Å². The molecule has 8 nitrogen and oxygen atoms in total. The molecule has 3 rings (SSSR count). The van der Waals surface area contributed by atoms with Gasteiger partial charge in [0.05, 0.1) is 17.6 Å². The molecule has 0 aliphatic heterocycles. The van der Waals surface area contributed by atoms with E-state index in [1.165, 1.54) is 12.3 Å². The van der Waals surface area contributed by atoms with Gasteiger partial charge in [0, 0.05) is 23.7 Å². The number of carbonyl (C=O) groups excluding carboxylic acids is 2. The number of hydrogen-bond donors (Lipinski definition) is 4. The first-order chi connectivity index (χ1) is 16.4. The smallest absolute Gasteiger partial charge is 0.288 e. The van der Waals surface area contributed by atoms with Crippen LogP contribution in [0.25, 0.3) is 11.5 Å². The molecule has 0 unspecified atom stereocenters. The van der Waals surface area contributed by atoms with E-state index < -0.39 is 5.91 Å². The number of nitrogens with one attached hydrogen (secondary N) is 3. The third-order valence-corrected chi connectivity index (χ3v) is 5.33. The van der Waals surface area contributed by atoms with E-state index in [-0.39, 0.29) is 35.0 Å². The minimum atomic E-state index is -0.453. The van der Waals surface area contributed by atoms with E-state index in [9.17, 15) is 9.59 Å². The number of carbonyl (C=O) groups is 2. The number of amides is 2. The number of benzene rings is 2. The molecular formula is C26H29N5O3. The highest BCUT2D eigenvalue weighted by atomic mass is 16.4. The lowest BCUT2D eigenvalue weighted by Crippen LogP contribution is -2.33. The molecule has 0 aliphatic rings. The number of oxazole rings is 1. The molecular weight excluding hydrogens is 430 g/mol. The van der Waals surface area contributed by atoms with E-state index in [2.05, 4.69) is 15.6 Å². The van der Waals surface area contributed by atoms with E-state index >= 15 is 0 Å². The highest BCUT2D eigenvalue weighted by molar-refractivity contribution is 6.11. The van der Waals surface area contributed by atoms with Gasteiger partial charge in [-0.25, -0.2) is 4.98 Å². The van der Waals surface area contributed by atoms with Crippen molar-refractivity contribution in [2.24, 2.45) is 5.73 Å². The van der Waals surface area contributed by atoms with E-state index in [0.717, 1.165) is 18.4 Å². The largest absolute Gasteiger partial charge is 0.431 e. The first-order valence-electron chi connectivity index (χ1n) is 11.2. The topological polar surface area (TPSA) is 134 Å². The fourth-order valence-electron chi connectivity index (χ4n) is 3.27. The number of nitrogens with two attached hydrogens (primary N) is 1. The van der Waals surface area contributed by atoms with E-state index in [4.69, 9.17) is 15.6 Å². The quantitative estimate of drug-likeness (QED) is 0.270. The fraction of sp³-hybridized carbons (Fsp3) is 0.231. The van der Waals surface area contributed by atoms with Gasteiger partial charge in [-0.05, 0) is 36.6 Å². The Kier molecular flexibility index (Phi) is 8.34. The zero-order valence-electron chi connectivity index (χ0n) is 19.3. The van der Waals surface area contributed by atoms with Crippen LogP contribution < -0.4 is 16.4 Å². The Morgan fingerprint density at radius 1 is 1.12 bits per heavy atom. The Hall–Kier alpha value is -4.20. The maximum atomic E-state index is 12.4. The standard InChI is InChI=1S/C26H29N5O3/c1-3-20(4-2)31-25(33)23-16-30-26(34-23)19-12-8-11-18(13-19)21(27)14-22(28)24(32)29-15-17-9-6-5-7-10-17/h5-14,16,20,27H,3-4,15,28H2,1-2H3,(H,29,32)(H,31,33). The Labute approximate surface area is 198 Å². The molecule has 0 fully saturated rings. The number of aromatic nitrogens is 1. The molecule has 1 aromatic heterocycles. The maximum absolute atomic E-state index is 12.4. The van der Waals surface area contributed by atoms with Gasteiger partial charge in [0.2, 0.25) is 11.7 Å². The lowest BCUT2D eigenvalue weighted by molar-refractivity contribution is -0.117. The third-order valence-electron chi connectivity index (χ3n) is 5.33. The van der Waals surface area contributed by atoms with Crippen LogP contribution in [0.3, 0.4) is 0 Å². The van der Waals surface area contributed by atoms with Gasteiger partial charge in [0.1, 0.15) is 0 Å². The van der Waals surface area contributed by atoms with Crippen LogP contribution in [0.15, 0.2) is 77.0 Å². The summed E-state index contributed by atoms with van der Waals surface area (Å²) in [7, 11) is 0. The van der Waals surface area contributed by atoms with Crippen LogP contribution in [-0.2, 0) is 11.3 Å². The summed E-state index contributed by atoms with van der Waals surface area (Å²) in [5.41, 5.74) is 7.97. The van der Waals surface area contributed by atoms with Crippen molar-refractivity contribution in [3.05, 3.63) is 89.5 Å². The molecule has 0 saturated heterocycles. The second-order valence-electron chi connectivity index (χ2n) is 7.78. The van der Waals surface area contributed by atoms with Crippen LogP contribution in [0, 0.1) is 5.41 Å². The Morgan fingerprint density at radius 3 is 2.56 bits per heavy atom. The number of nitrogens with zero attached hydrogens (tertiary/aromatic N) is 1. The van der Waals surface area contributed by atoms with Crippen LogP contribution in [0.5, 0.6) is 0 Å². The van der Waals surface area contributed by atoms with Crippen LogP contribution >= 0.6 is 0 Å². The second kappa shape index (κ2) is 11.6. The molecule has 3 aromatic rings. The van der Waals surface area contributed by atoms with Crippen LogP contribution in [0.2, 0.25) is 0 Å². The van der Waals surface area contributed by atoms with E-state index in [0.29, 0.717) is 17.7 Å². The van der Waals surface area contributed by atoms with Crippen molar-refractivity contribution in [2.45, 2.75) is 39.3 Å². The minimum Gasteiger partial charge on any atom is -0.431 e. The zero-order chi connectivity index (χ0) is 24.5. The normalized spacial score (nSPS) is 11.3. The monoisotopic (exact) mass is 459 g/mol. The number of rotatable bonds is 10. The molecule has 0 atom stereocenters. The summed E-state index contributed by atoms with van der Waals surface area (Å²) in [6, 6.07) is 16.5. The Bertz CT molecular complexity index is 1180. The molecule has 176 valence electrons. The molecule has 34 heavy (non-hydrogen) atoms. The second-order valence-corrected chi connectivity index (χ2v) is 7.78. The molecule has 2 amide bonds. The van der Waals surface area contributed by atoms with Gasteiger partial charge in [0.25, 0.3) is 11.8 Å². The molecule has 5 N–H and O–H groups in total. The van der Waals surface area contributed by atoms with E-state index in [1.807, 2.05) is 44.2 Å². The van der Waals surface area contributed by atoms with Gasteiger partial charge >= 0.3 is 0 Å². The predicted molar refractivity (Wildman–Crippen MR) is 131 cm³/mol. The maximum Gasteiger partial charge on any atom is 0.288 e. The molecule has 0 radical (unpaired) electrons. The van der Waals surface area contributed by atoms with Crippen molar-refractivity contribution in [2.75, 3.05) is 0 Å². The van der Waals surface area contributed by atoms with Gasteiger partial charge in [-0.1, -0.05) is 56.3 Å². The van der Waals surface area contributed by atoms with Gasteiger partial charge in [-0.15, -0.1) is 0 Å². The van der Waals surface area contributed by atoms with Crippen molar-refractivity contribution >= 4 is 17.5 Å². The first kappa shape index (κ1) is 24.4. The van der Waals surface area contributed by atoms with Gasteiger partial charge in [-0.2, -0.15) is 0 Å². The van der Waals surface area contributed by atoms with Gasteiger partial charge < -0.3 is 26.2 Å². The highest BCUT2D eigenvalue weighted by Gasteiger charge is 2.17. The zero-order valence-corrected chi connectivity index (χ0v) is 19.3. The highest BCUT2D eigenvalue weighted by Crippen LogP contribution is 2.21. The summed E-state index contributed by atoms with van der Waals surface area (Å²) in [5.74, 6) is -0.373. The van der Waals surface area contributed by atoms with Crippen molar-refractivity contribution in [1.29, 1.82) is 5.41 Å². The van der Waals surface area contributed by atoms with Crippen molar-refractivity contribution in [3.63, 3.8) is 0 Å². The number of allylic oxidation sites excluding steroid dienone is 1. The van der Waals surface area contributed by atoms with Crippen molar-refractivity contribution < 1.29 is 14.0 Å². The molecule has 8 heteroatoms. The summed E-state index contributed by atoms with van der Waals surface area (Å²) in [5, 5.41) is 14.0. The molecule has 0 bridgehead atoms. The van der Waals surface area contributed by atoms with Crippen LogP contribution in [0.1, 0.15) is 48.4 Å². The molecule has 0 saturated carbocycles. The van der Waals surface area contributed by atoms with Gasteiger partial charge in [0.15, 0.2) is 0 Å². The third kappa shape index (κ3) is 6.41. The van der Waals surface area contributed by atoms with Gasteiger partial charge in [-0.3, -0.25) is 9.59 Å². The molecule has 1 heterocycles. The Morgan fingerprint density at radius 2 is 1.85 bits per heavy atom. The molecule has 2 aromatic carbocycles. The summed E-state index contributed by atoms with van der Waals surface area (Å²) >= 11 is 0. The summed E-state index contributed by atoms with van der Waals surface area (Å²) in [6.45, 7) is 4.36. The first-order valence-corrected chi connectivity index (χ1v) is 11.2. The average Bonchev–Trinajstić information content (AvgIpc) is 3.37. The summed E-state index contributed by atoms with van der Waals surface area (Å²) in [4.78, 5) is 28.9. The average molecular weight is 460 g/mol. The fourth-order valence-corrected chi connectivity index (χ4v) is 3.27. The lowest BCUT2D eigenvalue weighted by Gasteiger charge is -2.12. The predicted octanol–water partition coefficient (Wildman–Crippen LogP) is 3.79. The number of hydrogen-bond acceptors (Lipinski definition) is 6. The minimum absolute atomic E-state index is 0.0625. The van der Waals surface area contributed by atoms with Crippen LogP contribution in [-0.4, -0.2) is 28.6 Å².